The van der Waals surface area contributed by atoms with E-state index in [1.807, 2.05) is 0 Å². The molecule has 0 bridgehead atoms. The van der Waals surface area contributed by atoms with E-state index in [0.717, 1.165) is 0 Å². The maximum atomic E-state index is 10.8. The second kappa shape index (κ2) is 6.78. The summed E-state index contributed by atoms with van der Waals surface area (Å²) in [7, 11) is 0. The van der Waals surface area contributed by atoms with Gasteiger partial charge in [-0.3, -0.25) is 4.79 Å². The van der Waals surface area contributed by atoms with Crippen molar-refractivity contribution in [3.05, 3.63) is 0 Å². The van der Waals surface area contributed by atoms with Crippen molar-refractivity contribution in [2.24, 2.45) is 0 Å². The van der Waals surface area contributed by atoms with Crippen LogP contribution in [0.5, 0.6) is 0 Å². The number of hydrogen-bond acceptors (Lipinski definition) is 3. The molecule has 0 rings (SSSR count). The number of carboxylic acid groups (broad SMARTS) is 1. The third-order valence-electron chi connectivity index (χ3n) is 1.06. The van der Waals surface area contributed by atoms with Gasteiger partial charge in [0.05, 0.1) is 0 Å². The molecule has 5 nitrogen and oxygen atoms in total. The summed E-state index contributed by atoms with van der Waals surface area (Å²) < 4.78 is 0. The van der Waals surface area contributed by atoms with Crippen molar-refractivity contribution in [1.29, 1.82) is 0 Å². The summed E-state index contributed by atoms with van der Waals surface area (Å²) in [4.78, 5) is 20.7. The quantitative estimate of drug-likeness (QED) is 0.451. The standard InChI is InChI=1S/C6H12N2O3S/c9-5(7-3-4-12)1-2-8-6(10)11/h8,12H,1-4H2,(H,7,9)(H,10,11). The van der Waals surface area contributed by atoms with Crippen LogP contribution in [-0.4, -0.2) is 35.9 Å². The molecule has 0 fully saturated rings. The van der Waals surface area contributed by atoms with Gasteiger partial charge in [0.2, 0.25) is 5.91 Å². The van der Waals surface area contributed by atoms with Crippen molar-refractivity contribution in [3.63, 3.8) is 0 Å². The Morgan fingerprint density at radius 3 is 2.42 bits per heavy atom. The highest BCUT2D eigenvalue weighted by Gasteiger charge is 2.00. The van der Waals surface area contributed by atoms with Crippen LogP contribution in [0.3, 0.4) is 0 Å². The first-order valence-corrected chi connectivity index (χ1v) is 4.14. The molecule has 3 N–H and O–H groups in total. The Bertz CT molecular complexity index is 163. The summed E-state index contributed by atoms with van der Waals surface area (Å²) in [6.07, 6.45) is -0.947. The molecule has 0 heterocycles. The van der Waals surface area contributed by atoms with Crippen molar-refractivity contribution in [2.75, 3.05) is 18.8 Å². The van der Waals surface area contributed by atoms with E-state index in [9.17, 15) is 9.59 Å². The number of carbonyl (C=O) groups excluding carboxylic acids is 1. The lowest BCUT2D eigenvalue weighted by molar-refractivity contribution is -0.120. The van der Waals surface area contributed by atoms with Crippen molar-refractivity contribution >= 4 is 24.6 Å². The van der Waals surface area contributed by atoms with Gasteiger partial charge in [0.1, 0.15) is 0 Å². The summed E-state index contributed by atoms with van der Waals surface area (Å²) >= 11 is 3.89. The predicted molar refractivity (Wildman–Crippen MR) is 47.5 cm³/mol. The van der Waals surface area contributed by atoms with E-state index in [0.29, 0.717) is 12.3 Å². The van der Waals surface area contributed by atoms with E-state index in [1.54, 1.807) is 0 Å². The Balaban J connectivity index is 3.25. The molecule has 0 atom stereocenters. The molecule has 12 heavy (non-hydrogen) atoms. The van der Waals surface area contributed by atoms with Crippen LogP contribution < -0.4 is 10.6 Å². The average molecular weight is 192 g/mol. The van der Waals surface area contributed by atoms with Crippen LogP contribution in [0, 0.1) is 0 Å². The molecule has 0 saturated carbocycles. The second-order valence-electron chi connectivity index (χ2n) is 2.06. The molecule has 6 heteroatoms. The maximum absolute atomic E-state index is 10.8. The third kappa shape index (κ3) is 7.20. The van der Waals surface area contributed by atoms with Crippen LogP contribution in [0.15, 0.2) is 0 Å². The highest BCUT2D eigenvalue weighted by atomic mass is 32.1. The first-order valence-electron chi connectivity index (χ1n) is 3.51. The van der Waals surface area contributed by atoms with E-state index in [2.05, 4.69) is 23.3 Å². The van der Waals surface area contributed by atoms with E-state index in [1.165, 1.54) is 0 Å². The van der Waals surface area contributed by atoms with Gasteiger partial charge in [-0.05, 0) is 0 Å². The monoisotopic (exact) mass is 192 g/mol. The van der Waals surface area contributed by atoms with Gasteiger partial charge >= 0.3 is 6.09 Å². The van der Waals surface area contributed by atoms with E-state index < -0.39 is 6.09 Å². The minimum atomic E-state index is -1.11. The fourth-order valence-corrected chi connectivity index (χ4v) is 0.678. The van der Waals surface area contributed by atoms with Gasteiger partial charge in [-0.25, -0.2) is 4.79 Å². The average Bonchev–Trinajstić information content (AvgIpc) is 2.00. The molecule has 0 saturated heterocycles. The fourth-order valence-electron chi connectivity index (χ4n) is 0.567. The Morgan fingerprint density at radius 1 is 1.25 bits per heavy atom. The molecule has 2 amide bonds. The number of nitrogens with one attached hydrogen (secondary N) is 2. The van der Waals surface area contributed by atoms with E-state index in [-0.39, 0.29) is 18.9 Å². The van der Waals surface area contributed by atoms with Gasteiger partial charge in [0.25, 0.3) is 0 Å². The Labute approximate surface area is 75.9 Å². The van der Waals surface area contributed by atoms with Crippen LogP contribution in [-0.2, 0) is 4.79 Å². The highest BCUT2D eigenvalue weighted by Crippen LogP contribution is 1.78. The summed E-state index contributed by atoms with van der Waals surface area (Å²) in [5.41, 5.74) is 0. The van der Waals surface area contributed by atoms with Gasteiger partial charge in [0, 0.05) is 25.3 Å². The van der Waals surface area contributed by atoms with Crippen LogP contribution in [0.2, 0.25) is 0 Å². The Morgan fingerprint density at radius 2 is 1.92 bits per heavy atom. The smallest absolute Gasteiger partial charge is 0.404 e. The molecule has 0 aromatic carbocycles. The topological polar surface area (TPSA) is 78.4 Å². The van der Waals surface area contributed by atoms with Crippen molar-refractivity contribution < 1.29 is 14.7 Å². The molecule has 0 aliphatic rings. The number of hydrogen-bond donors (Lipinski definition) is 4. The molecule has 0 aromatic rings. The molecule has 0 radical (unpaired) electrons. The van der Waals surface area contributed by atoms with Crippen molar-refractivity contribution in [1.82, 2.24) is 10.6 Å². The molecule has 0 aliphatic heterocycles. The molecule has 0 unspecified atom stereocenters. The van der Waals surface area contributed by atoms with Crippen LogP contribution in [0.25, 0.3) is 0 Å². The van der Waals surface area contributed by atoms with E-state index in [4.69, 9.17) is 5.11 Å². The highest BCUT2D eigenvalue weighted by molar-refractivity contribution is 7.80. The third-order valence-corrected chi connectivity index (χ3v) is 1.29. The summed E-state index contributed by atoms with van der Waals surface area (Å²) in [6, 6.07) is 0. The van der Waals surface area contributed by atoms with Crippen LogP contribution in [0.4, 0.5) is 4.79 Å². The zero-order valence-corrected chi connectivity index (χ0v) is 7.43. The largest absolute Gasteiger partial charge is 0.465 e. The lowest BCUT2D eigenvalue weighted by atomic mass is 10.4. The second-order valence-corrected chi connectivity index (χ2v) is 2.50. The number of rotatable bonds is 5. The molecule has 70 valence electrons. The normalized spacial score (nSPS) is 9.08. The van der Waals surface area contributed by atoms with E-state index >= 15 is 0 Å². The number of thiol groups is 1. The predicted octanol–water partition coefficient (Wildman–Crippen LogP) is -0.310. The summed E-state index contributed by atoms with van der Waals surface area (Å²) in [5.74, 6) is 0.413. The summed E-state index contributed by atoms with van der Waals surface area (Å²) in [5, 5.41) is 12.8. The zero-order chi connectivity index (χ0) is 9.40. The minimum Gasteiger partial charge on any atom is -0.465 e. The van der Waals surface area contributed by atoms with Gasteiger partial charge in [-0.1, -0.05) is 0 Å². The molecule has 0 spiro atoms. The fraction of sp³-hybridized carbons (Fsp3) is 0.667. The Hall–Kier alpha value is -0.910. The number of carbonyl (C=O) groups is 2. The maximum Gasteiger partial charge on any atom is 0.404 e. The van der Waals surface area contributed by atoms with Crippen molar-refractivity contribution in [2.45, 2.75) is 6.42 Å². The van der Waals surface area contributed by atoms with Crippen molar-refractivity contribution in [3.8, 4) is 0 Å². The first-order chi connectivity index (χ1) is 5.66. The minimum absolute atomic E-state index is 0.147. The number of amides is 2. The molecular formula is C6H12N2O3S. The molecule has 0 aromatic heterocycles. The lowest BCUT2D eigenvalue weighted by Gasteiger charge is -2.02. The first kappa shape index (κ1) is 11.1. The molecule has 0 aliphatic carbocycles. The van der Waals surface area contributed by atoms with Gasteiger partial charge < -0.3 is 15.7 Å². The molecular weight excluding hydrogens is 180 g/mol. The van der Waals surface area contributed by atoms with Crippen LogP contribution >= 0.6 is 12.6 Å². The van der Waals surface area contributed by atoms with Gasteiger partial charge in [-0.2, -0.15) is 12.6 Å². The Kier molecular flexibility index (Phi) is 6.26. The van der Waals surface area contributed by atoms with Gasteiger partial charge in [0.15, 0.2) is 0 Å². The lowest BCUT2D eigenvalue weighted by Crippen LogP contribution is -2.30. The van der Waals surface area contributed by atoms with Gasteiger partial charge in [-0.15, -0.1) is 0 Å². The zero-order valence-electron chi connectivity index (χ0n) is 6.54. The van der Waals surface area contributed by atoms with Crippen LogP contribution in [0.1, 0.15) is 6.42 Å². The SMILES string of the molecule is O=C(O)NCCC(=O)NCCS. The summed E-state index contributed by atoms with van der Waals surface area (Å²) in [6.45, 7) is 0.656.